The first kappa shape index (κ1) is 20.6. The first-order valence-corrected chi connectivity index (χ1v) is 9.36. The highest BCUT2D eigenvalue weighted by Gasteiger charge is 2.55. The second-order valence-corrected chi connectivity index (χ2v) is 6.83. The Morgan fingerprint density at radius 1 is 1.23 bits per heavy atom. The van der Waals surface area contributed by atoms with Gasteiger partial charge in [-0.2, -0.15) is 4.98 Å². The van der Waals surface area contributed by atoms with E-state index in [1.165, 1.54) is 12.3 Å². The molecule has 3 heterocycles. The van der Waals surface area contributed by atoms with E-state index in [1.807, 2.05) is 30.3 Å². The van der Waals surface area contributed by atoms with Crippen LogP contribution in [0.15, 0.2) is 47.4 Å². The molecular formula is C19H19N3O9. The van der Waals surface area contributed by atoms with Gasteiger partial charge in [-0.25, -0.2) is 14.4 Å². The maximum absolute atomic E-state index is 12.2. The van der Waals surface area contributed by atoms with Crippen molar-refractivity contribution >= 4 is 18.1 Å². The maximum atomic E-state index is 12.2. The molecule has 2 aliphatic heterocycles. The van der Waals surface area contributed by atoms with Crippen molar-refractivity contribution in [3.8, 4) is 0 Å². The Morgan fingerprint density at radius 2 is 1.97 bits per heavy atom. The van der Waals surface area contributed by atoms with E-state index in [4.69, 9.17) is 28.9 Å². The number of aromatic nitrogens is 2. The molecule has 12 heteroatoms. The third-order valence-electron chi connectivity index (χ3n) is 4.88. The van der Waals surface area contributed by atoms with Gasteiger partial charge >= 0.3 is 18.0 Å². The fourth-order valence-corrected chi connectivity index (χ4v) is 3.37. The van der Waals surface area contributed by atoms with Crippen molar-refractivity contribution < 1.29 is 38.5 Å². The molecule has 4 rings (SSSR count). The number of nitrogens with one attached hydrogen (secondary N) is 1. The van der Waals surface area contributed by atoms with Gasteiger partial charge in [-0.3, -0.25) is 15.3 Å². The Balaban J connectivity index is 1.41. The molecule has 0 radical (unpaired) electrons. The first-order valence-electron chi connectivity index (χ1n) is 9.36. The number of fused-ring (bicyclic) bond motifs is 1. The molecule has 0 spiro atoms. The molecule has 2 N–H and O–H groups in total. The van der Waals surface area contributed by atoms with E-state index < -0.39 is 48.6 Å². The van der Waals surface area contributed by atoms with E-state index in [9.17, 15) is 14.4 Å². The quantitative estimate of drug-likeness (QED) is 0.507. The molecule has 31 heavy (non-hydrogen) atoms. The van der Waals surface area contributed by atoms with E-state index in [0.29, 0.717) is 0 Å². The van der Waals surface area contributed by atoms with Crippen LogP contribution in [0.5, 0.6) is 0 Å². The molecule has 1 aromatic carbocycles. The van der Waals surface area contributed by atoms with Gasteiger partial charge in [0.15, 0.2) is 24.3 Å². The SMILES string of the molecule is C[C@@H](OC(=O)OC[C@H]1O[C@@H](n2ccc(NO)nc2=O)[C@@H]2OC(=O)O[C@@H]21)c1ccccc1. The highest BCUT2D eigenvalue weighted by Crippen LogP contribution is 2.37. The van der Waals surface area contributed by atoms with E-state index in [0.717, 1.165) is 10.1 Å². The standard InChI is InChI=1S/C19H19N3O9/c1-10(11-5-3-2-4-6-11)28-18(24)27-9-12-14-15(31-19(25)30-14)16(29-12)22-8-7-13(21-26)20-17(22)23/h2-8,10,12,14-16,26H,9H2,1H3,(H,20,21,23)/t10-,12-,14-,15-,16-/m1/s1. The van der Waals surface area contributed by atoms with Crippen LogP contribution in [-0.4, -0.2) is 52.0 Å². The summed E-state index contributed by atoms with van der Waals surface area (Å²) in [5.74, 6) is -0.0642. The number of anilines is 1. The lowest BCUT2D eigenvalue weighted by molar-refractivity contribution is -0.0823. The van der Waals surface area contributed by atoms with Crippen LogP contribution in [0.2, 0.25) is 0 Å². The normalized spacial score (nSPS) is 25.2. The van der Waals surface area contributed by atoms with E-state index in [-0.39, 0.29) is 12.4 Å². The van der Waals surface area contributed by atoms with Crippen LogP contribution < -0.4 is 11.2 Å². The van der Waals surface area contributed by atoms with E-state index >= 15 is 0 Å². The van der Waals surface area contributed by atoms with Crippen LogP contribution in [0.1, 0.15) is 24.8 Å². The van der Waals surface area contributed by atoms with Gasteiger partial charge in [0.25, 0.3) is 0 Å². The minimum atomic E-state index is -1.06. The molecular weight excluding hydrogens is 414 g/mol. The van der Waals surface area contributed by atoms with Crippen molar-refractivity contribution in [2.24, 2.45) is 0 Å². The Morgan fingerprint density at radius 3 is 2.68 bits per heavy atom. The molecule has 164 valence electrons. The topological polar surface area (TPSA) is 147 Å². The molecule has 0 aliphatic carbocycles. The molecule has 2 fully saturated rings. The van der Waals surface area contributed by atoms with Crippen LogP contribution in [0.25, 0.3) is 0 Å². The van der Waals surface area contributed by atoms with Crippen molar-refractivity contribution in [2.75, 3.05) is 12.1 Å². The second-order valence-electron chi connectivity index (χ2n) is 6.83. The minimum absolute atomic E-state index is 0.0642. The van der Waals surface area contributed by atoms with Crippen LogP contribution in [0.4, 0.5) is 15.4 Å². The fourth-order valence-electron chi connectivity index (χ4n) is 3.37. The van der Waals surface area contributed by atoms with Crippen molar-refractivity contribution in [3.05, 3.63) is 58.6 Å². The van der Waals surface area contributed by atoms with Gasteiger partial charge in [0.2, 0.25) is 0 Å². The summed E-state index contributed by atoms with van der Waals surface area (Å²) >= 11 is 0. The van der Waals surface area contributed by atoms with E-state index in [2.05, 4.69) is 4.98 Å². The molecule has 0 unspecified atom stereocenters. The summed E-state index contributed by atoms with van der Waals surface area (Å²) < 4.78 is 27.4. The molecule has 0 amide bonds. The molecule has 2 aliphatic rings. The molecule has 0 saturated carbocycles. The molecule has 12 nitrogen and oxygen atoms in total. The fraction of sp³-hybridized carbons (Fsp3) is 0.368. The lowest BCUT2D eigenvalue weighted by atomic mass is 10.1. The maximum Gasteiger partial charge on any atom is 0.509 e. The average molecular weight is 433 g/mol. The largest absolute Gasteiger partial charge is 0.509 e. The number of ether oxygens (including phenoxy) is 5. The third-order valence-corrected chi connectivity index (χ3v) is 4.88. The van der Waals surface area contributed by atoms with Gasteiger partial charge in [-0.15, -0.1) is 0 Å². The first-order chi connectivity index (χ1) is 15.0. The molecule has 0 bridgehead atoms. The smallest absolute Gasteiger partial charge is 0.431 e. The van der Waals surface area contributed by atoms with Gasteiger partial charge < -0.3 is 23.7 Å². The van der Waals surface area contributed by atoms with Gasteiger partial charge in [0, 0.05) is 6.20 Å². The summed E-state index contributed by atoms with van der Waals surface area (Å²) in [6.07, 6.45) is -4.89. The van der Waals surface area contributed by atoms with Crippen molar-refractivity contribution in [1.29, 1.82) is 0 Å². The Bertz CT molecular complexity index is 1010. The average Bonchev–Trinajstić information content (AvgIpc) is 3.30. The number of hydrogen-bond acceptors (Lipinski definition) is 11. The summed E-state index contributed by atoms with van der Waals surface area (Å²) in [4.78, 5) is 39.5. The zero-order valence-corrected chi connectivity index (χ0v) is 16.2. The van der Waals surface area contributed by atoms with Crippen LogP contribution >= 0.6 is 0 Å². The summed E-state index contributed by atoms with van der Waals surface area (Å²) in [6.45, 7) is 1.40. The van der Waals surface area contributed by atoms with Crippen LogP contribution in [0, 0.1) is 0 Å². The summed E-state index contributed by atoms with van der Waals surface area (Å²) in [6, 6.07) is 10.4. The molecule has 2 saturated heterocycles. The van der Waals surface area contributed by atoms with Crippen LogP contribution in [0.3, 0.4) is 0 Å². The number of carbonyl (C=O) groups is 2. The Hall–Kier alpha value is -3.64. The molecule has 5 atom stereocenters. The zero-order valence-electron chi connectivity index (χ0n) is 16.2. The van der Waals surface area contributed by atoms with Gasteiger partial charge in [-0.1, -0.05) is 30.3 Å². The number of hydrogen-bond donors (Lipinski definition) is 2. The Kier molecular flexibility index (Phi) is 5.73. The van der Waals surface area contributed by atoms with E-state index in [1.54, 1.807) is 12.4 Å². The lowest BCUT2D eigenvalue weighted by Gasteiger charge is -2.19. The van der Waals surface area contributed by atoms with Crippen LogP contribution in [-0.2, 0) is 23.7 Å². The highest BCUT2D eigenvalue weighted by atomic mass is 16.8. The number of nitrogens with zero attached hydrogens (tertiary/aromatic N) is 2. The van der Waals surface area contributed by atoms with Gasteiger partial charge in [0.05, 0.1) is 0 Å². The lowest BCUT2D eigenvalue weighted by Crippen LogP contribution is -2.34. The number of rotatable bonds is 6. The predicted molar refractivity (Wildman–Crippen MR) is 100 cm³/mol. The number of benzene rings is 1. The summed E-state index contributed by atoms with van der Waals surface area (Å²) in [5.41, 5.74) is 1.79. The highest BCUT2D eigenvalue weighted by molar-refractivity contribution is 5.63. The zero-order chi connectivity index (χ0) is 22.0. The van der Waals surface area contributed by atoms with Gasteiger partial charge in [-0.05, 0) is 18.6 Å². The third kappa shape index (κ3) is 4.29. The predicted octanol–water partition coefficient (Wildman–Crippen LogP) is 1.76. The van der Waals surface area contributed by atoms with Crippen molar-refractivity contribution in [3.63, 3.8) is 0 Å². The second kappa shape index (κ2) is 8.62. The summed E-state index contributed by atoms with van der Waals surface area (Å²) in [5, 5.41) is 8.86. The molecule has 2 aromatic rings. The summed E-state index contributed by atoms with van der Waals surface area (Å²) in [7, 11) is 0. The molecule has 1 aromatic heterocycles. The van der Waals surface area contributed by atoms with Crippen molar-refractivity contribution in [2.45, 2.75) is 37.6 Å². The van der Waals surface area contributed by atoms with Crippen molar-refractivity contribution in [1.82, 2.24) is 9.55 Å². The van der Waals surface area contributed by atoms with Gasteiger partial charge in [0.1, 0.15) is 18.8 Å². The monoisotopic (exact) mass is 433 g/mol. The Labute approximate surface area is 175 Å². The number of carbonyl (C=O) groups excluding carboxylic acids is 2. The minimum Gasteiger partial charge on any atom is -0.431 e.